The summed E-state index contributed by atoms with van der Waals surface area (Å²) >= 11 is 0. The molecule has 10 nitrogen and oxygen atoms in total. The third-order valence-corrected chi connectivity index (χ3v) is 5.69. The molecule has 10 heteroatoms. The minimum absolute atomic E-state index is 0.0384. The Morgan fingerprint density at radius 3 is 2.71 bits per heavy atom. The summed E-state index contributed by atoms with van der Waals surface area (Å²) in [6.07, 6.45) is 0. The van der Waals surface area contributed by atoms with Crippen LogP contribution in [0, 0.1) is 21.4 Å². The summed E-state index contributed by atoms with van der Waals surface area (Å²) in [4.78, 5) is 26.1. The van der Waals surface area contributed by atoms with Crippen molar-refractivity contribution < 1.29 is 14.5 Å². The molecule has 1 aromatic heterocycles. The number of nitro benzene ring substituents is 1. The molecule has 3 heterocycles. The normalized spacial score (nSPS) is 19.1. The number of rotatable bonds is 2. The molecule has 2 aliphatic heterocycles. The molecule has 0 aliphatic carbocycles. The van der Waals surface area contributed by atoms with E-state index in [1.807, 2.05) is 36.4 Å². The Morgan fingerprint density at radius 2 is 2.03 bits per heavy atom. The molecule has 2 aromatic carbocycles. The zero-order valence-electron chi connectivity index (χ0n) is 16.1. The molecule has 1 spiro atoms. The van der Waals surface area contributed by atoms with E-state index in [4.69, 9.17) is 10.5 Å². The fourth-order valence-electron chi connectivity index (χ4n) is 4.35. The monoisotopic (exact) mass is 414 g/mol. The van der Waals surface area contributed by atoms with Crippen molar-refractivity contribution in [3.63, 3.8) is 0 Å². The van der Waals surface area contributed by atoms with Gasteiger partial charge in [0.2, 0.25) is 17.7 Å². The summed E-state index contributed by atoms with van der Waals surface area (Å²) < 4.78 is 5.59. The number of carbonyl (C=O) groups excluding carboxylic acids is 1. The molecule has 1 amide bonds. The molecule has 0 radical (unpaired) electrons. The topological polar surface area (TPSA) is 151 Å². The van der Waals surface area contributed by atoms with Crippen LogP contribution in [0.1, 0.15) is 11.1 Å². The molecular weight excluding hydrogens is 400 g/mol. The first-order valence-electron chi connectivity index (χ1n) is 9.20. The summed E-state index contributed by atoms with van der Waals surface area (Å²) in [5, 5.41) is 28.6. The highest BCUT2D eigenvalue weighted by Crippen LogP contribution is 2.57. The Hall–Kier alpha value is -4.65. The zero-order chi connectivity index (χ0) is 21.9. The lowest BCUT2D eigenvalue weighted by molar-refractivity contribution is -0.384. The standard InChI is InChI=1S/C21H14N6O4/c1-26-15-8-7-12(27(29)30)9-13(15)21(20(26)28)14(10-22)18(23)31-19-16(21)17(24-25-19)11-5-3-2-4-6-11/h2-9H,23H2,1H3,(H,24,25)/t21-/m1/s1. The number of nitriles is 1. The van der Waals surface area contributed by atoms with Crippen molar-refractivity contribution in [3.05, 3.63) is 81.2 Å². The summed E-state index contributed by atoms with van der Waals surface area (Å²) in [5.41, 5.74) is 6.11. The number of aromatic amines is 1. The number of ether oxygens (including phenoxy) is 1. The third-order valence-electron chi connectivity index (χ3n) is 5.69. The maximum Gasteiger partial charge on any atom is 0.269 e. The molecule has 1 atom stereocenters. The van der Waals surface area contributed by atoms with E-state index in [9.17, 15) is 20.2 Å². The first-order valence-corrected chi connectivity index (χ1v) is 9.20. The molecule has 152 valence electrons. The second-order valence-electron chi connectivity index (χ2n) is 7.17. The van der Waals surface area contributed by atoms with Gasteiger partial charge in [-0.05, 0) is 6.07 Å². The molecular formula is C21H14N6O4. The SMILES string of the molecule is CN1C(=O)[C@@]2(C(C#N)=C(N)Oc3n[nH]c(-c4ccccc4)c32)c2cc([N+](=O)[O-])ccc21. The molecule has 5 rings (SSSR count). The number of carbonyl (C=O) groups is 1. The van der Waals surface area contributed by atoms with Crippen molar-refractivity contribution in [2.75, 3.05) is 11.9 Å². The minimum atomic E-state index is -1.74. The molecule has 2 aliphatic rings. The van der Waals surface area contributed by atoms with E-state index in [2.05, 4.69) is 10.2 Å². The van der Waals surface area contributed by atoms with Crippen molar-refractivity contribution >= 4 is 17.3 Å². The number of H-pyrrole nitrogens is 1. The third kappa shape index (κ3) is 2.20. The van der Waals surface area contributed by atoms with Gasteiger partial charge < -0.3 is 15.4 Å². The maximum atomic E-state index is 13.8. The van der Waals surface area contributed by atoms with Gasteiger partial charge in [-0.3, -0.25) is 20.0 Å². The number of hydrogen-bond donors (Lipinski definition) is 2. The average molecular weight is 414 g/mol. The highest BCUT2D eigenvalue weighted by atomic mass is 16.6. The van der Waals surface area contributed by atoms with Crippen LogP contribution in [0.4, 0.5) is 11.4 Å². The lowest BCUT2D eigenvalue weighted by Crippen LogP contribution is -2.45. The van der Waals surface area contributed by atoms with Crippen LogP contribution in [-0.2, 0) is 10.2 Å². The number of anilines is 1. The van der Waals surface area contributed by atoms with Crippen LogP contribution < -0.4 is 15.4 Å². The summed E-state index contributed by atoms with van der Waals surface area (Å²) in [5.74, 6) is -0.718. The first kappa shape index (κ1) is 18.4. The number of fused-ring (bicyclic) bond motifs is 4. The molecule has 0 saturated carbocycles. The van der Waals surface area contributed by atoms with Gasteiger partial charge in [-0.15, -0.1) is 5.10 Å². The Labute approximate surface area is 175 Å². The van der Waals surface area contributed by atoms with Crippen molar-refractivity contribution in [2.45, 2.75) is 5.41 Å². The number of likely N-dealkylation sites (N-methyl/N-ethyl adjacent to an activating group) is 1. The smallest absolute Gasteiger partial charge is 0.269 e. The van der Waals surface area contributed by atoms with E-state index >= 15 is 0 Å². The van der Waals surface area contributed by atoms with Gasteiger partial charge in [-0.2, -0.15) is 5.26 Å². The Kier molecular flexibility index (Phi) is 3.66. The van der Waals surface area contributed by atoms with Crippen LogP contribution in [-0.4, -0.2) is 28.1 Å². The fourth-order valence-corrected chi connectivity index (χ4v) is 4.35. The van der Waals surface area contributed by atoms with E-state index in [1.165, 1.54) is 23.1 Å². The average Bonchev–Trinajstić information content (AvgIpc) is 3.28. The second kappa shape index (κ2) is 6.17. The highest BCUT2D eigenvalue weighted by Gasteiger charge is 2.61. The van der Waals surface area contributed by atoms with Gasteiger partial charge in [0.1, 0.15) is 17.1 Å². The predicted molar refractivity (Wildman–Crippen MR) is 109 cm³/mol. The van der Waals surface area contributed by atoms with E-state index < -0.39 is 16.2 Å². The van der Waals surface area contributed by atoms with E-state index in [0.29, 0.717) is 22.5 Å². The van der Waals surface area contributed by atoms with Crippen LogP contribution in [0.3, 0.4) is 0 Å². The number of hydrogen-bond acceptors (Lipinski definition) is 7. The number of nitrogens with zero attached hydrogens (tertiary/aromatic N) is 4. The highest BCUT2D eigenvalue weighted by molar-refractivity contribution is 6.15. The summed E-state index contributed by atoms with van der Waals surface area (Å²) in [6, 6.07) is 15.2. The van der Waals surface area contributed by atoms with Gasteiger partial charge in [0.25, 0.3) is 5.69 Å². The molecule has 0 saturated heterocycles. The van der Waals surface area contributed by atoms with Crippen molar-refractivity contribution in [1.82, 2.24) is 10.2 Å². The number of nitrogens with one attached hydrogen (secondary N) is 1. The van der Waals surface area contributed by atoms with E-state index in [0.717, 1.165) is 0 Å². The second-order valence-corrected chi connectivity index (χ2v) is 7.17. The number of amides is 1. The summed E-state index contributed by atoms with van der Waals surface area (Å²) in [7, 11) is 1.55. The van der Waals surface area contributed by atoms with Gasteiger partial charge in [0.05, 0.1) is 16.2 Å². The van der Waals surface area contributed by atoms with E-state index in [1.54, 1.807) is 7.05 Å². The fraction of sp³-hybridized carbons (Fsp3) is 0.0952. The van der Waals surface area contributed by atoms with Crippen LogP contribution in [0.25, 0.3) is 11.3 Å². The molecule has 0 unspecified atom stereocenters. The van der Waals surface area contributed by atoms with Crippen LogP contribution in [0.15, 0.2) is 60.0 Å². The molecule has 0 bridgehead atoms. The van der Waals surface area contributed by atoms with Crippen molar-refractivity contribution in [1.29, 1.82) is 5.26 Å². The van der Waals surface area contributed by atoms with Crippen molar-refractivity contribution in [3.8, 4) is 23.2 Å². The van der Waals surface area contributed by atoms with Crippen LogP contribution in [0.2, 0.25) is 0 Å². The molecule has 0 fully saturated rings. The summed E-state index contributed by atoms with van der Waals surface area (Å²) in [6.45, 7) is 0. The quantitative estimate of drug-likeness (QED) is 0.482. The Bertz CT molecular complexity index is 1350. The van der Waals surface area contributed by atoms with Crippen LogP contribution in [0.5, 0.6) is 5.88 Å². The molecule has 3 N–H and O–H groups in total. The van der Waals surface area contributed by atoms with Gasteiger partial charge in [-0.25, -0.2) is 0 Å². The van der Waals surface area contributed by atoms with Gasteiger partial charge in [0.15, 0.2) is 0 Å². The van der Waals surface area contributed by atoms with Crippen LogP contribution >= 0.6 is 0 Å². The van der Waals surface area contributed by atoms with Gasteiger partial charge in [-0.1, -0.05) is 30.3 Å². The van der Waals surface area contributed by atoms with Crippen molar-refractivity contribution in [2.24, 2.45) is 5.73 Å². The molecule has 31 heavy (non-hydrogen) atoms. The lowest BCUT2D eigenvalue weighted by Gasteiger charge is -2.32. The minimum Gasteiger partial charge on any atom is -0.420 e. The Morgan fingerprint density at radius 1 is 1.29 bits per heavy atom. The van der Waals surface area contributed by atoms with Gasteiger partial charge in [0, 0.05) is 36.0 Å². The number of benzene rings is 2. The lowest BCUT2D eigenvalue weighted by atomic mass is 9.68. The number of nitrogens with two attached hydrogens (primary N) is 1. The number of aromatic nitrogens is 2. The largest absolute Gasteiger partial charge is 0.420 e. The first-order chi connectivity index (χ1) is 14.9. The predicted octanol–water partition coefficient (Wildman–Crippen LogP) is 2.33. The number of non-ortho nitro benzene ring substituents is 1. The Balaban J connectivity index is 1.94. The van der Waals surface area contributed by atoms with E-state index in [-0.39, 0.29) is 28.6 Å². The maximum absolute atomic E-state index is 13.8. The molecule has 3 aromatic rings. The van der Waals surface area contributed by atoms with Gasteiger partial charge >= 0.3 is 0 Å². The number of nitro groups is 1. The zero-order valence-corrected chi connectivity index (χ0v) is 16.1.